The van der Waals surface area contributed by atoms with Crippen LogP contribution in [0, 0.1) is 11.8 Å². The first-order valence-electron chi connectivity index (χ1n) is 6.43. The summed E-state index contributed by atoms with van der Waals surface area (Å²) in [5.41, 5.74) is 9.75. The molecule has 1 aliphatic carbocycles. The second kappa shape index (κ2) is 6.31. The topological polar surface area (TPSA) is 48.8 Å². The second-order valence-corrected chi connectivity index (χ2v) is 4.99. The van der Waals surface area contributed by atoms with Crippen molar-refractivity contribution in [3.05, 3.63) is 46.3 Å². The standard InChI is InChI=1S/C14H19N3/c15-17-16-11-14-8-6-13(7-9-14)10-12-4-2-1-3-5-12/h1-5,13-14H,6-11H2/t13-,14-. The Hall–Kier alpha value is -1.47. The molecule has 3 nitrogen and oxygen atoms in total. The Balaban J connectivity index is 1.77. The van der Waals surface area contributed by atoms with E-state index in [2.05, 4.69) is 40.4 Å². The largest absolute Gasteiger partial charge is 0.0937 e. The highest BCUT2D eigenvalue weighted by molar-refractivity contribution is 5.15. The number of azide groups is 1. The zero-order valence-electron chi connectivity index (χ0n) is 10.1. The summed E-state index contributed by atoms with van der Waals surface area (Å²) in [7, 11) is 0. The van der Waals surface area contributed by atoms with Gasteiger partial charge in [0.05, 0.1) is 0 Å². The van der Waals surface area contributed by atoms with E-state index in [0.29, 0.717) is 12.5 Å². The van der Waals surface area contributed by atoms with E-state index >= 15 is 0 Å². The molecule has 0 spiro atoms. The molecular weight excluding hydrogens is 210 g/mol. The molecule has 1 saturated carbocycles. The van der Waals surface area contributed by atoms with Crippen LogP contribution in [0.1, 0.15) is 31.2 Å². The van der Waals surface area contributed by atoms with E-state index in [4.69, 9.17) is 5.53 Å². The first-order valence-corrected chi connectivity index (χ1v) is 6.43. The molecule has 1 aliphatic rings. The Labute approximate surface area is 102 Å². The summed E-state index contributed by atoms with van der Waals surface area (Å²) < 4.78 is 0. The molecule has 0 atom stereocenters. The number of rotatable bonds is 4. The normalized spacial score (nSPS) is 24.0. The van der Waals surface area contributed by atoms with Gasteiger partial charge in [0, 0.05) is 11.5 Å². The van der Waals surface area contributed by atoms with Crippen molar-refractivity contribution in [2.75, 3.05) is 6.54 Å². The summed E-state index contributed by atoms with van der Waals surface area (Å²) in [5.74, 6) is 1.44. The molecule has 3 heteroatoms. The molecule has 1 fully saturated rings. The molecule has 17 heavy (non-hydrogen) atoms. The first kappa shape index (κ1) is 12.0. The van der Waals surface area contributed by atoms with Crippen LogP contribution in [-0.2, 0) is 6.42 Å². The van der Waals surface area contributed by atoms with Gasteiger partial charge in [-0.1, -0.05) is 48.3 Å². The van der Waals surface area contributed by atoms with Crippen LogP contribution in [0.15, 0.2) is 35.4 Å². The third-order valence-corrected chi connectivity index (χ3v) is 3.74. The van der Waals surface area contributed by atoms with Gasteiger partial charge in [0.15, 0.2) is 0 Å². The monoisotopic (exact) mass is 229 g/mol. The van der Waals surface area contributed by atoms with E-state index in [1.165, 1.54) is 37.7 Å². The Morgan fingerprint density at radius 2 is 1.71 bits per heavy atom. The van der Waals surface area contributed by atoms with Gasteiger partial charge in [-0.15, -0.1) is 0 Å². The lowest BCUT2D eigenvalue weighted by Crippen LogP contribution is -2.18. The van der Waals surface area contributed by atoms with Gasteiger partial charge in [0.25, 0.3) is 0 Å². The van der Waals surface area contributed by atoms with E-state index in [1.54, 1.807) is 0 Å². The molecule has 0 heterocycles. The zero-order chi connectivity index (χ0) is 11.9. The van der Waals surface area contributed by atoms with Crippen molar-refractivity contribution in [2.24, 2.45) is 17.0 Å². The average molecular weight is 229 g/mol. The zero-order valence-corrected chi connectivity index (χ0v) is 10.1. The van der Waals surface area contributed by atoms with Gasteiger partial charge in [0.1, 0.15) is 0 Å². The predicted octanol–water partition coefficient (Wildman–Crippen LogP) is 4.35. The molecule has 0 aliphatic heterocycles. The molecule has 0 aromatic heterocycles. The summed E-state index contributed by atoms with van der Waals surface area (Å²) >= 11 is 0. The number of hydrogen-bond donors (Lipinski definition) is 0. The maximum absolute atomic E-state index is 8.30. The molecule has 0 amide bonds. The highest BCUT2D eigenvalue weighted by atomic mass is 15.1. The quantitative estimate of drug-likeness (QED) is 0.419. The maximum Gasteiger partial charge on any atom is 0.0286 e. The Morgan fingerprint density at radius 1 is 1.06 bits per heavy atom. The van der Waals surface area contributed by atoms with Crippen LogP contribution in [-0.4, -0.2) is 6.54 Å². The van der Waals surface area contributed by atoms with Crippen LogP contribution in [0.25, 0.3) is 10.4 Å². The van der Waals surface area contributed by atoms with Gasteiger partial charge in [-0.25, -0.2) is 0 Å². The number of nitrogens with zero attached hydrogens (tertiary/aromatic N) is 3. The fourth-order valence-corrected chi connectivity index (χ4v) is 2.72. The van der Waals surface area contributed by atoms with Crippen LogP contribution in [0.4, 0.5) is 0 Å². The van der Waals surface area contributed by atoms with Gasteiger partial charge in [0.2, 0.25) is 0 Å². The van der Waals surface area contributed by atoms with Crippen molar-refractivity contribution in [2.45, 2.75) is 32.1 Å². The molecule has 90 valence electrons. The van der Waals surface area contributed by atoms with E-state index in [1.807, 2.05) is 0 Å². The molecule has 1 aromatic carbocycles. The van der Waals surface area contributed by atoms with Crippen molar-refractivity contribution in [3.8, 4) is 0 Å². The molecule has 0 radical (unpaired) electrons. The summed E-state index contributed by atoms with van der Waals surface area (Å²) in [6, 6.07) is 10.7. The van der Waals surface area contributed by atoms with E-state index < -0.39 is 0 Å². The first-order chi connectivity index (χ1) is 8.38. The van der Waals surface area contributed by atoms with Gasteiger partial charge in [-0.3, -0.25) is 0 Å². The van der Waals surface area contributed by atoms with Gasteiger partial charge in [-0.2, -0.15) is 0 Å². The minimum absolute atomic E-state index is 0.623. The van der Waals surface area contributed by atoms with Crippen LogP contribution >= 0.6 is 0 Å². The fourth-order valence-electron chi connectivity index (χ4n) is 2.72. The summed E-state index contributed by atoms with van der Waals surface area (Å²) in [5, 5.41) is 3.69. The maximum atomic E-state index is 8.30. The lowest BCUT2D eigenvalue weighted by atomic mass is 9.79. The SMILES string of the molecule is [N-]=[N+]=NC[C@H]1CC[C@H](Cc2ccccc2)CC1. The number of benzene rings is 1. The van der Waals surface area contributed by atoms with Crippen molar-refractivity contribution in [3.63, 3.8) is 0 Å². The predicted molar refractivity (Wildman–Crippen MR) is 69.6 cm³/mol. The van der Waals surface area contributed by atoms with Gasteiger partial charge >= 0.3 is 0 Å². The minimum Gasteiger partial charge on any atom is -0.0937 e. The van der Waals surface area contributed by atoms with Crippen LogP contribution in [0.5, 0.6) is 0 Å². The molecular formula is C14H19N3. The highest BCUT2D eigenvalue weighted by Crippen LogP contribution is 2.31. The third-order valence-electron chi connectivity index (χ3n) is 3.74. The van der Waals surface area contributed by atoms with Crippen molar-refractivity contribution in [1.29, 1.82) is 0 Å². The molecule has 0 saturated heterocycles. The summed E-state index contributed by atoms with van der Waals surface area (Å²) in [4.78, 5) is 2.84. The van der Waals surface area contributed by atoms with Gasteiger partial charge < -0.3 is 0 Å². The average Bonchev–Trinajstić information content (AvgIpc) is 2.39. The van der Waals surface area contributed by atoms with Crippen LogP contribution < -0.4 is 0 Å². The fraction of sp³-hybridized carbons (Fsp3) is 0.571. The van der Waals surface area contributed by atoms with E-state index in [-0.39, 0.29) is 0 Å². The van der Waals surface area contributed by atoms with Crippen molar-refractivity contribution >= 4 is 0 Å². The smallest absolute Gasteiger partial charge is 0.0286 e. The highest BCUT2D eigenvalue weighted by Gasteiger charge is 2.20. The molecule has 0 N–H and O–H groups in total. The van der Waals surface area contributed by atoms with Crippen LogP contribution in [0.3, 0.4) is 0 Å². The Bertz CT molecular complexity index is 374. The lowest BCUT2D eigenvalue weighted by Gasteiger charge is -2.27. The summed E-state index contributed by atoms with van der Waals surface area (Å²) in [6.07, 6.45) is 6.20. The molecule has 0 unspecified atom stereocenters. The number of hydrogen-bond acceptors (Lipinski definition) is 1. The molecule has 1 aromatic rings. The van der Waals surface area contributed by atoms with Crippen molar-refractivity contribution < 1.29 is 0 Å². The minimum atomic E-state index is 0.623. The summed E-state index contributed by atoms with van der Waals surface area (Å²) in [6.45, 7) is 0.689. The third kappa shape index (κ3) is 3.79. The molecule has 2 rings (SSSR count). The second-order valence-electron chi connectivity index (χ2n) is 4.99. The van der Waals surface area contributed by atoms with Crippen molar-refractivity contribution in [1.82, 2.24) is 0 Å². The molecule has 0 bridgehead atoms. The Morgan fingerprint density at radius 3 is 2.35 bits per heavy atom. The van der Waals surface area contributed by atoms with E-state index in [0.717, 1.165) is 5.92 Å². The van der Waals surface area contributed by atoms with Crippen LogP contribution in [0.2, 0.25) is 0 Å². The van der Waals surface area contributed by atoms with Gasteiger partial charge in [-0.05, 0) is 42.2 Å². The van der Waals surface area contributed by atoms with E-state index in [9.17, 15) is 0 Å². The Kier molecular flexibility index (Phi) is 4.45. The lowest BCUT2D eigenvalue weighted by molar-refractivity contribution is 0.278.